The van der Waals surface area contributed by atoms with Gasteiger partial charge in [0.05, 0.1) is 23.0 Å². The van der Waals surface area contributed by atoms with Gasteiger partial charge in [-0.3, -0.25) is 0 Å². The Balaban J connectivity index is 1.02. The molecule has 3 heteroatoms. The van der Waals surface area contributed by atoms with Crippen LogP contribution in [0, 0.1) is 11.3 Å². The standard InChI is InChI=1S/C51H31N3/c52-32-33-14-16-36(17-15-33)48-31-49(54-51(53-48)38-9-2-1-3-10-38)43-25-24-40-28-39(22-23-41(40)29-43)34-18-20-37(21-19-34)50-45-13-7-5-11-42(45)30-47-44-12-6-4-8-35(44)26-27-46(47)50/h1-31H. The van der Waals surface area contributed by atoms with E-state index in [1.165, 1.54) is 54.6 Å². The highest BCUT2D eigenvalue weighted by Crippen LogP contribution is 2.40. The average molecular weight is 686 g/mol. The minimum absolute atomic E-state index is 0.619. The van der Waals surface area contributed by atoms with Crippen molar-refractivity contribution in [1.82, 2.24) is 9.97 Å². The van der Waals surface area contributed by atoms with Crippen LogP contribution < -0.4 is 0 Å². The Morgan fingerprint density at radius 1 is 0.333 bits per heavy atom. The monoisotopic (exact) mass is 685 g/mol. The molecule has 3 nitrogen and oxygen atoms in total. The summed E-state index contributed by atoms with van der Waals surface area (Å²) in [7, 11) is 0. The van der Waals surface area contributed by atoms with Crippen molar-refractivity contribution < 1.29 is 0 Å². The van der Waals surface area contributed by atoms with Gasteiger partial charge in [-0.15, -0.1) is 0 Å². The molecule has 0 spiro atoms. The smallest absolute Gasteiger partial charge is 0.160 e. The second-order valence-corrected chi connectivity index (χ2v) is 13.7. The van der Waals surface area contributed by atoms with E-state index in [4.69, 9.17) is 9.97 Å². The van der Waals surface area contributed by atoms with Crippen LogP contribution in [0.1, 0.15) is 5.56 Å². The lowest BCUT2D eigenvalue weighted by molar-refractivity contribution is 1.18. The molecule has 1 heterocycles. The van der Waals surface area contributed by atoms with Gasteiger partial charge in [-0.25, -0.2) is 9.97 Å². The van der Waals surface area contributed by atoms with Gasteiger partial charge in [0.15, 0.2) is 5.82 Å². The number of hydrogen-bond acceptors (Lipinski definition) is 3. The van der Waals surface area contributed by atoms with Gasteiger partial charge in [-0.1, -0.05) is 152 Å². The number of nitrogens with zero attached hydrogens (tertiary/aromatic N) is 3. The molecule has 0 atom stereocenters. The molecular weight excluding hydrogens is 655 g/mol. The molecular formula is C51H31N3. The van der Waals surface area contributed by atoms with Crippen LogP contribution in [0.3, 0.4) is 0 Å². The molecule has 0 aliphatic rings. The Hall–Kier alpha value is -7.41. The van der Waals surface area contributed by atoms with Crippen molar-refractivity contribution in [3.8, 4) is 62.2 Å². The van der Waals surface area contributed by atoms with E-state index < -0.39 is 0 Å². The fourth-order valence-corrected chi connectivity index (χ4v) is 7.72. The van der Waals surface area contributed by atoms with E-state index in [-0.39, 0.29) is 0 Å². The van der Waals surface area contributed by atoms with Crippen LogP contribution in [0.15, 0.2) is 188 Å². The van der Waals surface area contributed by atoms with Crippen molar-refractivity contribution in [2.45, 2.75) is 0 Å². The van der Waals surface area contributed by atoms with Gasteiger partial charge in [0.25, 0.3) is 0 Å². The molecule has 0 saturated heterocycles. The Kier molecular flexibility index (Phi) is 7.53. The molecule has 1 aromatic heterocycles. The van der Waals surface area contributed by atoms with E-state index in [1.54, 1.807) is 0 Å². The molecule has 0 radical (unpaired) electrons. The first-order valence-electron chi connectivity index (χ1n) is 18.1. The third-order valence-electron chi connectivity index (χ3n) is 10.5. The maximum absolute atomic E-state index is 9.32. The lowest BCUT2D eigenvalue weighted by atomic mass is 9.89. The van der Waals surface area contributed by atoms with Crippen molar-refractivity contribution in [3.63, 3.8) is 0 Å². The number of benzene rings is 9. The van der Waals surface area contributed by atoms with Crippen molar-refractivity contribution in [2.24, 2.45) is 0 Å². The number of rotatable bonds is 5. The number of aromatic nitrogens is 2. The molecule has 250 valence electrons. The Labute approximate surface area is 313 Å². The van der Waals surface area contributed by atoms with E-state index in [0.717, 1.165) is 38.9 Å². The van der Waals surface area contributed by atoms with E-state index in [0.29, 0.717) is 11.4 Å². The van der Waals surface area contributed by atoms with Gasteiger partial charge in [-0.05, 0) is 102 Å². The molecule has 54 heavy (non-hydrogen) atoms. The normalized spacial score (nSPS) is 11.3. The molecule has 0 saturated carbocycles. The molecule has 0 bridgehead atoms. The van der Waals surface area contributed by atoms with Gasteiger partial charge < -0.3 is 0 Å². The van der Waals surface area contributed by atoms with Crippen molar-refractivity contribution >= 4 is 43.1 Å². The third kappa shape index (κ3) is 5.55. The SMILES string of the molecule is N#Cc1ccc(-c2cc(-c3ccc4cc(-c5ccc(-c6c7ccccc7cc7c6ccc6ccccc67)cc5)ccc4c3)nc(-c3ccccc3)n2)cc1. The summed E-state index contributed by atoms with van der Waals surface area (Å²) in [6.07, 6.45) is 0. The first-order valence-corrected chi connectivity index (χ1v) is 18.1. The summed E-state index contributed by atoms with van der Waals surface area (Å²) in [4.78, 5) is 9.96. The molecule has 9 aromatic carbocycles. The molecule has 0 aliphatic heterocycles. The van der Waals surface area contributed by atoms with Gasteiger partial charge in [0.2, 0.25) is 0 Å². The first-order chi connectivity index (χ1) is 26.7. The van der Waals surface area contributed by atoms with Gasteiger partial charge >= 0.3 is 0 Å². The van der Waals surface area contributed by atoms with Gasteiger partial charge in [0, 0.05) is 16.7 Å². The van der Waals surface area contributed by atoms with E-state index in [9.17, 15) is 5.26 Å². The maximum atomic E-state index is 9.32. The summed E-state index contributed by atoms with van der Waals surface area (Å²) in [5.41, 5.74) is 10.0. The fourth-order valence-electron chi connectivity index (χ4n) is 7.72. The van der Waals surface area contributed by atoms with Crippen LogP contribution in [0.2, 0.25) is 0 Å². The number of nitriles is 1. The zero-order valence-corrected chi connectivity index (χ0v) is 29.2. The first kappa shape index (κ1) is 31.3. The molecule has 10 rings (SSSR count). The summed E-state index contributed by atoms with van der Waals surface area (Å²) in [6.45, 7) is 0. The largest absolute Gasteiger partial charge is 0.228 e. The lowest BCUT2D eigenvalue weighted by Gasteiger charge is -2.14. The topological polar surface area (TPSA) is 49.6 Å². The Morgan fingerprint density at radius 2 is 0.907 bits per heavy atom. The van der Waals surface area contributed by atoms with Crippen LogP contribution in [-0.2, 0) is 0 Å². The summed E-state index contributed by atoms with van der Waals surface area (Å²) in [5.74, 6) is 0.663. The minimum Gasteiger partial charge on any atom is -0.228 e. The third-order valence-corrected chi connectivity index (χ3v) is 10.5. The number of hydrogen-bond donors (Lipinski definition) is 0. The highest BCUT2D eigenvalue weighted by atomic mass is 14.9. The molecule has 0 fully saturated rings. The minimum atomic E-state index is 0.619. The fraction of sp³-hybridized carbons (Fsp3) is 0. The predicted octanol–water partition coefficient (Wildman–Crippen LogP) is 13.3. The number of fused-ring (bicyclic) bond motifs is 5. The summed E-state index contributed by atoms with van der Waals surface area (Å²) >= 11 is 0. The van der Waals surface area contributed by atoms with E-state index in [2.05, 4.69) is 133 Å². The van der Waals surface area contributed by atoms with Gasteiger partial charge in [-0.2, -0.15) is 5.26 Å². The molecule has 0 unspecified atom stereocenters. The van der Waals surface area contributed by atoms with Crippen LogP contribution >= 0.6 is 0 Å². The second-order valence-electron chi connectivity index (χ2n) is 13.7. The van der Waals surface area contributed by atoms with E-state index >= 15 is 0 Å². The zero-order chi connectivity index (χ0) is 36.0. The van der Waals surface area contributed by atoms with Crippen molar-refractivity contribution in [3.05, 3.63) is 194 Å². The van der Waals surface area contributed by atoms with Crippen molar-refractivity contribution in [2.75, 3.05) is 0 Å². The van der Waals surface area contributed by atoms with Crippen LogP contribution in [-0.4, -0.2) is 9.97 Å². The van der Waals surface area contributed by atoms with Crippen LogP contribution in [0.25, 0.3) is 99.2 Å². The Bertz CT molecular complexity index is 3080. The average Bonchev–Trinajstić information content (AvgIpc) is 3.25. The highest BCUT2D eigenvalue weighted by Gasteiger charge is 2.14. The quantitative estimate of drug-likeness (QED) is 0.134. The molecule has 0 N–H and O–H groups in total. The maximum Gasteiger partial charge on any atom is 0.160 e. The summed E-state index contributed by atoms with van der Waals surface area (Å²) in [5, 5.41) is 19.2. The van der Waals surface area contributed by atoms with Crippen molar-refractivity contribution in [1.29, 1.82) is 5.26 Å². The lowest BCUT2D eigenvalue weighted by Crippen LogP contribution is -1.96. The van der Waals surface area contributed by atoms with E-state index in [1.807, 2.05) is 60.7 Å². The Morgan fingerprint density at radius 3 is 1.67 bits per heavy atom. The van der Waals surface area contributed by atoms with Crippen LogP contribution in [0.4, 0.5) is 0 Å². The summed E-state index contributed by atoms with van der Waals surface area (Å²) in [6, 6.07) is 68.3. The van der Waals surface area contributed by atoms with Gasteiger partial charge in [0.1, 0.15) is 0 Å². The summed E-state index contributed by atoms with van der Waals surface area (Å²) < 4.78 is 0. The molecule has 0 amide bonds. The zero-order valence-electron chi connectivity index (χ0n) is 29.2. The molecule has 0 aliphatic carbocycles. The highest BCUT2D eigenvalue weighted by molar-refractivity contribution is 6.20. The second kappa shape index (κ2) is 13.0. The predicted molar refractivity (Wildman–Crippen MR) is 224 cm³/mol. The molecule has 10 aromatic rings. The van der Waals surface area contributed by atoms with Crippen LogP contribution in [0.5, 0.6) is 0 Å².